The summed E-state index contributed by atoms with van der Waals surface area (Å²) >= 11 is 0. The first kappa shape index (κ1) is 18.3. The number of ether oxygens (including phenoxy) is 3. The van der Waals surface area contributed by atoms with E-state index >= 15 is 0 Å². The fraction of sp³-hybridized carbons (Fsp3) is 0.261. The van der Waals surface area contributed by atoms with E-state index in [0.29, 0.717) is 13.4 Å². The molecular weight excluding hydrogens is 394 g/mol. The molecule has 3 aromatic heterocycles. The summed E-state index contributed by atoms with van der Waals surface area (Å²) in [7, 11) is 0. The lowest BCUT2D eigenvalue weighted by atomic mass is 10.1. The highest BCUT2D eigenvalue weighted by molar-refractivity contribution is 5.65. The van der Waals surface area contributed by atoms with Gasteiger partial charge in [0.15, 0.2) is 11.5 Å². The van der Waals surface area contributed by atoms with Gasteiger partial charge in [0.1, 0.15) is 11.8 Å². The Balaban J connectivity index is 1.21. The third kappa shape index (κ3) is 3.49. The van der Waals surface area contributed by atoms with Crippen molar-refractivity contribution in [2.24, 2.45) is 0 Å². The molecule has 5 heterocycles. The predicted octanol–water partition coefficient (Wildman–Crippen LogP) is 3.09. The third-order valence-corrected chi connectivity index (χ3v) is 5.73. The highest BCUT2D eigenvalue weighted by Crippen LogP contribution is 2.33. The summed E-state index contributed by atoms with van der Waals surface area (Å²) in [4.78, 5) is 6.57. The fourth-order valence-electron chi connectivity index (χ4n) is 4.16. The standard InChI is InChI=1S/C23H21N5O3/c1-2-17(11-24-7-1)18-4-5-19-23(25-26-28(19)13-18)22-14-27(8-9-29-22)12-16-3-6-20-21(10-16)31-15-30-20/h1-7,10-11,13,22H,8-9,12,14-15H2/t22-/m0/s1. The quantitative estimate of drug-likeness (QED) is 0.507. The van der Waals surface area contributed by atoms with Gasteiger partial charge in [-0.2, -0.15) is 0 Å². The van der Waals surface area contributed by atoms with Crippen LogP contribution in [0.4, 0.5) is 0 Å². The molecule has 0 N–H and O–H groups in total. The van der Waals surface area contributed by atoms with Crippen LogP contribution in [0.25, 0.3) is 16.6 Å². The van der Waals surface area contributed by atoms with Crippen LogP contribution in [0.1, 0.15) is 17.4 Å². The monoisotopic (exact) mass is 415 g/mol. The first-order chi connectivity index (χ1) is 15.3. The maximum atomic E-state index is 6.08. The molecule has 0 aliphatic carbocycles. The molecule has 0 saturated carbocycles. The summed E-state index contributed by atoms with van der Waals surface area (Å²) in [5.41, 5.74) is 5.12. The normalized spacial score (nSPS) is 18.5. The Bertz CT molecular complexity index is 1230. The fourth-order valence-corrected chi connectivity index (χ4v) is 4.16. The van der Waals surface area contributed by atoms with Crippen molar-refractivity contribution < 1.29 is 14.2 Å². The van der Waals surface area contributed by atoms with Gasteiger partial charge in [-0.1, -0.05) is 23.4 Å². The number of benzene rings is 1. The minimum absolute atomic E-state index is 0.121. The molecule has 0 spiro atoms. The maximum absolute atomic E-state index is 6.08. The minimum atomic E-state index is -0.121. The van der Waals surface area contributed by atoms with Crippen LogP contribution >= 0.6 is 0 Å². The molecule has 1 atom stereocenters. The second kappa shape index (κ2) is 7.64. The lowest BCUT2D eigenvalue weighted by Crippen LogP contribution is -2.38. The smallest absolute Gasteiger partial charge is 0.231 e. The second-order valence-corrected chi connectivity index (χ2v) is 7.75. The van der Waals surface area contributed by atoms with Gasteiger partial charge >= 0.3 is 0 Å². The van der Waals surface area contributed by atoms with Crippen LogP contribution in [-0.2, 0) is 11.3 Å². The summed E-state index contributed by atoms with van der Waals surface area (Å²) in [5, 5.41) is 8.80. The second-order valence-electron chi connectivity index (χ2n) is 7.75. The van der Waals surface area contributed by atoms with E-state index < -0.39 is 0 Å². The van der Waals surface area contributed by atoms with Crippen LogP contribution in [0.5, 0.6) is 11.5 Å². The van der Waals surface area contributed by atoms with Crippen molar-refractivity contribution in [3.63, 3.8) is 0 Å². The molecule has 6 rings (SSSR count). The van der Waals surface area contributed by atoms with Crippen LogP contribution in [0.3, 0.4) is 0 Å². The van der Waals surface area contributed by atoms with Gasteiger partial charge in [-0.25, -0.2) is 4.52 Å². The van der Waals surface area contributed by atoms with Crippen LogP contribution < -0.4 is 9.47 Å². The molecular formula is C23H21N5O3. The Kier molecular flexibility index (Phi) is 4.51. The van der Waals surface area contributed by atoms with Crippen molar-refractivity contribution in [1.82, 2.24) is 24.7 Å². The molecule has 0 unspecified atom stereocenters. The van der Waals surface area contributed by atoms with Gasteiger partial charge in [0.05, 0.1) is 12.1 Å². The summed E-state index contributed by atoms with van der Waals surface area (Å²) in [6.07, 6.45) is 5.48. The minimum Gasteiger partial charge on any atom is -0.454 e. The molecule has 1 fully saturated rings. The predicted molar refractivity (Wildman–Crippen MR) is 113 cm³/mol. The van der Waals surface area contributed by atoms with Gasteiger partial charge < -0.3 is 14.2 Å². The molecule has 4 aromatic rings. The number of morpholine rings is 1. The van der Waals surface area contributed by atoms with E-state index in [-0.39, 0.29) is 6.10 Å². The zero-order valence-electron chi connectivity index (χ0n) is 16.8. The molecule has 156 valence electrons. The van der Waals surface area contributed by atoms with Crippen molar-refractivity contribution in [1.29, 1.82) is 0 Å². The topological polar surface area (TPSA) is 74.0 Å². The highest BCUT2D eigenvalue weighted by Gasteiger charge is 2.26. The zero-order chi connectivity index (χ0) is 20.6. The number of rotatable bonds is 4. The molecule has 0 amide bonds. The molecule has 0 radical (unpaired) electrons. The van der Waals surface area contributed by atoms with E-state index in [0.717, 1.165) is 53.5 Å². The molecule has 1 saturated heterocycles. The third-order valence-electron chi connectivity index (χ3n) is 5.73. The molecule has 1 aromatic carbocycles. The zero-order valence-corrected chi connectivity index (χ0v) is 16.8. The van der Waals surface area contributed by atoms with Gasteiger partial charge in [-0.3, -0.25) is 9.88 Å². The Morgan fingerprint density at radius 3 is 2.94 bits per heavy atom. The molecule has 8 nitrogen and oxygen atoms in total. The summed E-state index contributed by atoms with van der Waals surface area (Å²) in [5.74, 6) is 1.63. The number of fused-ring (bicyclic) bond motifs is 2. The van der Waals surface area contributed by atoms with E-state index in [2.05, 4.69) is 44.5 Å². The van der Waals surface area contributed by atoms with Crippen LogP contribution in [-0.4, -0.2) is 51.2 Å². The lowest BCUT2D eigenvalue weighted by Gasteiger charge is -2.32. The molecule has 2 aliphatic rings. The first-order valence-corrected chi connectivity index (χ1v) is 10.3. The van der Waals surface area contributed by atoms with E-state index in [1.807, 2.05) is 35.1 Å². The summed E-state index contributed by atoms with van der Waals surface area (Å²) in [6, 6.07) is 14.2. The largest absolute Gasteiger partial charge is 0.454 e. The average Bonchev–Trinajstić information content (AvgIpc) is 3.46. The van der Waals surface area contributed by atoms with Crippen LogP contribution in [0.15, 0.2) is 61.1 Å². The van der Waals surface area contributed by atoms with Crippen molar-refractivity contribution in [3.05, 3.63) is 72.3 Å². The van der Waals surface area contributed by atoms with E-state index in [1.165, 1.54) is 5.56 Å². The number of hydrogen-bond donors (Lipinski definition) is 0. The number of aromatic nitrogens is 4. The first-order valence-electron chi connectivity index (χ1n) is 10.3. The summed E-state index contributed by atoms with van der Waals surface area (Å²) in [6.45, 7) is 3.40. The Morgan fingerprint density at radius 1 is 1.03 bits per heavy atom. The van der Waals surface area contributed by atoms with Crippen molar-refractivity contribution in [3.8, 4) is 22.6 Å². The molecule has 31 heavy (non-hydrogen) atoms. The Hall–Kier alpha value is -3.49. The van der Waals surface area contributed by atoms with Gasteiger partial charge in [0.25, 0.3) is 0 Å². The number of pyridine rings is 2. The van der Waals surface area contributed by atoms with Gasteiger partial charge in [0, 0.05) is 49.4 Å². The highest BCUT2D eigenvalue weighted by atomic mass is 16.7. The number of hydrogen-bond acceptors (Lipinski definition) is 7. The van der Waals surface area contributed by atoms with E-state index in [4.69, 9.17) is 14.2 Å². The number of nitrogens with zero attached hydrogens (tertiary/aromatic N) is 5. The van der Waals surface area contributed by atoms with Crippen molar-refractivity contribution in [2.45, 2.75) is 12.6 Å². The summed E-state index contributed by atoms with van der Waals surface area (Å²) < 4.78 is 18.8. The van der Waals surface area contributed by atoms with E-state index in [1.54, 1.807) is 6.20 Å². The van der Waals surface area contributed by atoms with Crippen LogP contribution in [0.2, 0.25) is 0 Å². The lowest BCUT2D eigenvalue weighted by molar-refractivity contribution is -0.0343. The van der Waals surface area contributed by atoms with Gasteiger partial charge in [-0.05, 0) is 29.8 Å². The SMILES string of the molecule is c1cncc(-c2ccc3c([C@@H]4CN(Cc5ccc6c(c5)OCO6)CCO4)nnn3c2)c1. The molecule has 2 aliphatic heterocycles. The van der Waals surface area contributed by atoms with Crippen molar-refractivity contribution >= 4 is 5.52 Å². The van der Waals surface area contributed by atoms with Gasteiger partial charge in [0.2, 0.25) is 6.79 Å². The van der Waals surface area contributed by atoms with Crippen LogP contribution in [0, 0.1) is 0 Å². The Morgan fingerprint density at radius 2 is 2.00 bits per heavy atom. The van der Waals surface area contributed by atoms with E-state index in [9.17, 15) is 0 Å². The molecule has 0 bridgehead atoms. The average molecular weight is 415 g/mol. The van der Waals surface area contributed by atoms with Gasteiger partial charge in [-0.15, -0.1) is 5.10 Å². The maximum Gasteiger partial charge on any atom is 0.231 e. The molecule has 8 heteroatoms. The Labute approximate surface area is 179 Å². The van der Waals surface area contributed by atoms with Crippen molar-refractivity contribution in [2.75, 3.05) is 26.5 Å².